The number of hydrogen-bond donors (Lipinski definition) is 2. The van der Waals surface area contributed by atoms with Gasteiger partial charge in [-0.1, -0.05) is 49.7 Å². The summed E-state index contributed by atoms with van der Waals surface area (Å²) in [6.07, 6.45) is 6.90. The Morgan fingerprint density at radius 1 is 1.11 bits per heavy atom. The third kappa shape index (κ3) is 5.67. The molecule has 0 amide bonds. The van der Waals surface area contributed by atoms with Crippen LogP contribution in [0.2, 0.25) is 0 Å². The minimum absolute atomic E-state index is 0.177. The molecule has 1 atom stereocenters. The lowest BCUT2D eigenvalue weighted by Gasteiger charge is -2.19. The molecular weight excluding hydrogens is 337 g/mol. The van der Waals surface area contributed by atoms with Crippen molar-refractivity contribution in [3.63, 3.8) is 0 Å². The quantitative estimate of drug-likeness (QED) is 0.530. The molecular formula is C24H30FNO. The lowest BCUT2D eigenvalue weighted by atomic mass is 9.89. The SMILES string of the molecule is CCCC(NCCc1cccc(CC(O)=C2CCC2)c1)c1cccc(F)c1. The van der Waals surface area contributed by atoms with E-state index in [1.54, 1.807) is 12.1 Å². The van der Waals surface area contributed by atoms with E-state index in [1.807, 2.05) is 6.07 Å². The van der Waals surface area contributed by atoms with Crippen molar-refractivity contribution < 1.29 is 9.50 Å². The van der Waals surface area contributed by atoms with E-state index in [-0.39, 0.29) is 11.9 Å². The topological polar surface area (TPSA) is 32.3 Å². The molecule has 0 radical (unpaired) electrons. The van der Waals surface area contributed by atoms with Gasteiger partial charge < -0.3 is 10.4 Å². The Morgan fingerprint density at radius 3 is 2.59 bits per heavy atom. The van der Waals surface area contributed by atoms with Crippen LogP contribution in [0.4, 0.5) is 4.39 Å². The van der Waals surface area contributed by atoms with Gasteiger partial charge in [0.1, 0.15) is 5.82 Å². The third-order valence-electron chi connectivity index (χ3n) is 5.36. The molecule has 0 aliphatic heterocycles. The summed E-state index contributed by atoms with van der Waals surface area (Å²) >= 11 is 0. The van der Waals surface area contributed by atoms with Crippen molar-refractivity contribution in [3.8, 4) is 0 Å². The van der Waals surface area contributed by atoms with E-state index in [2.05, 4.69) is 36.5 Å². The molecule has 2 nitrogen and oxygen atoms in total. The number of hydrogen-bond acceptors (Lipinski definition) is 2. The Balaban J connectivity index is 1.56. The number of nitrogens with one attached hydrogen (secondary N) is 1. The van der Waals surface area contributed by atoms with Crippen molar-refractivity contribution in [2.24, 2.45) is 0 Å². The Labute approximate surface area is 162 Å². The predicted molar refractivity (Wildman–Crippen MR) is 109 cm³/mol. The number of benzene rings is 2. The van der Waals surface area contributed by atoms with Crippen LogP contribution in [0.1, 0.15) is 61.8 Å². The van der Waals surface area contributed by atoms with Crippen LogP contribution in [0.3, 0.4) is 0 Å². The number of rotatable bonds is 9. The molecule has 0 bridgehead atoms. The molecule has 2 aromatic carbocycles. The van der Waals surface area contributed by atoms with E-state index in [9.17, 15) is 9.50 Å². The van der Waals surface area contributed by atoms with Gasteiger partial charge in [0.2, 0.25) is 0 Å². The minimum atomic E-state index is -0.177. The van der Waals surface area contributed by atoms with Crippen molar-refractivity contribution in [2.75, 3.05) is 6.54 Å². The van der Waals surface area contributed by atoms with E-state index in [1.165, 1.54) is 29.2 Å². The van der Waals surface area contributed by atoms with Gasteiger partial charge in [-0.25, -0.2) is 4.39 Å². The summed E-state index contributed by atoms with van der Waals surface area (Å²) < 4.78 is 13.5. The second kappa shape index (κ2) is 9.70. The largest absolute Gasteiger partial charge is 0.512 e. The number of allylic oxidation sites excluding steroid dienone is 2. The van der Waals surface area contributed by atoms with Crippen LogP contribution < -0.4 is 5.32 Å². The lowest BCUT2D eigenvalue weighted by Crippen LogP contribution is -2.23. The van der Waals surface area contributed by atoms with Gasteiger partial charge in [0.15, 0.2) is 0 Å². The summed E-state index contributed by atoms with van der Waals surface area (Å²) in [4.78, 5) is 0. The highest BCUT2D eigenvalue weighted by Crippen LogP contribution is 2.29. The maximum atomic E-state index is 13.5. The summed E-state index contributed by atoms with van der Waals surface area (Å²) in [6.45, 7) is 3.00. The Kier molecular flexibility index (Phi) is 7.05. The lowest BCUT2D eigenvalue weighted by molar-refractivity contribution is 0.374. The maximum absolute atomic E-state index is 13.5. The third-order valence-corrected chi connectivity index (χ3v) is 5.36. The van der Waals surface area contributed by atoms with Crippen LogP contribution >= 0.6 is 0 Å². The fourth-order valence-corrected chi connectivity index (χ4v) is 3.64. The fraction of sp³-hybridized carbons (Fsp3) is 0.417. The zero-order valence-electron chi connectivity index (χ0n) is 16.2. The highest BCUT2D eigenvalue weighted by molar-refractivity contribution is 5.28. The first kappa shape index (κ1) is 19.6. The Bertz CT molecular complexity index is 777. The highest BCUT2D eigenvalue weighted by Gasteiger charge is 2.14. The van der Waals surface area contributed by atoms with Gasteiger partial charge in [-0.05, 0) is 73.0 Å². The smallest absolute Gasteiger partial charge is 0.123 e. The molecule has 0 spiro atoms. The summed E-state index contributed by atoms with van der Waals surface area (Å²) in [5.74, 6) is 0.383. The second-order valence-corrected chi connectivity index (χ2v) is 7.50. The highest BCUT2D eigenvalue weighted by atomic mass is 19.1. The first-order valence-corrected chi connectivity index (χ1v) is 10.1. The molecule has 0 aromatic heterocycles. The molecule has 2 aromatic rings. The van der Waals surface area contributed by atoms with Gasteiger partial charge in [-0.3, -0.25) is 0 Å². The molecule has 0 heterocycles. The molecule has 27 heavy (non-hydrogen) atoms. The maximum Gasteiger partial charge on any atom is 0.123 e. The molecule has 1 aliphatic carbocycles. The summed E-state index contributed by atoms with van der Waals surface area (Å²) in [5, 5.41) is 13.8. The van der Waals surface area contributed by atoms with Gasteiger partial charge in [0.25, 0.3) is 0 Å². The standard InChI is InChI=1S/C24H30FNO/c1-2-6-23(21-11-5-12-22(25)17-21)26-14-13-18-7-3-8-19(15-18)16-24(27)20-9-4-10-20/h3,5,7-8,11-12,15,17,23,26-27H,2,4,6,9-10,13-14,16H2,1H3. The Morgan fingerprint density at radius 2 is 1.89 bits per heavy atom. The monoisotopic (exact) mass is 367 g/mol. The number of aliphatic hydroxyl groups is 1. The van der Waals surface area contributed by atoms with Crippen LogP contribution in [0.25, 0.3) is 0 Å². The first-order valence-electron chi connectivity index (χ1n) is 10.1. The summed E-state index contributed by atoms with van der Waals surface area (Å²) in [6, 6.07) is 15.6. The molecule has 1 fully saturated rings. The number of halogens is 1. The van der Waals surface area contributed by atoms with Gasteiger partial charge in [0, 0.05) is 12.5 Å². The van der Waals surface area contributed by atoms with E-state index >= 15 is 0 Å². The van der Waals surface area contributed by atoms with Gasteiger partial charge in [-0.15, -0.1) is 0 Å². The average molecular weight is 368 g/mol. The molecule has 1 aliphatic rings. The van der Waals surface area contributed by atoms with E-state index < -0.39 is 0 Å². The minimum Gasteiger partial charge on any atom is -0.512 e. The molecule has 1 saturated carbocycles. The summed E-state index contributed by atoms with van der Waals surface area (Å²) in [7, 11) is 0. The van der Waals surface area contributed by atoms with Crippen molar-refractivity contribution in [1.82, 2.24) is 5.32 Å². The molecule has 144 valence electrons. The average Bonchev–Trinajstić information content (AvgIpc) is 2.60. The molecule has 3 rings (SSSR count). The van der Waals surface area contributed by atoms with Gasteiger partial charge in [-0.2, -0.15) is 0 Å². The van der Waals surface area contributed by atoms with Crippen LogP contribution in [-0.2, 0) is 12.8 Å². The van der Waals surface area contributed by atoms with E-state index in [4.69, 9.17) is 0 Å². The van der Waals surface area contributed by atoms with Crippen molar-refractivity contribution in [3.05, 3.63) is 82.4 Å². The molecule has 1 unspecified atom stereocenters. The Hall–Kier alpha value is -2.13. The van der Waals surface area contributed by atoms with E-state index in [0.717, 1.165) is 44.2 Å². The summed E-state index contributed by atoms with van der Waals surface area (Å²) in [5.41, 5.74) is 4.67. The molecule has 3 heteroatoms. The van der Waals surface area contributed by atoms with Crippen LogP contribution in [0.15, 0.2) is 59.9 Å². The van der Waals surface area contributed by atoms with Crippen molar-refractivity contribution in [1.29, 1.82) is 0 Å². The fourth-order valence-electron chi connectivity index (χ4n) is 3.64. The van der Waals surface area contributed by atoms with Crippen molar-refractivity contribution in [2.45, 2.75) is 57.9 Å². The van der Waals surface area contributed by atoms with Crippen molar-refractivity contribution >= 4 is 0 Å². The normalized spacial score (nSPS) is 14.7. The van der Waals surface area contributed by atoms with Crippen LogP contribution in [0, 0.1) is 5.82 Å². The van der Waals surface area contributed by atoms with Crippen LogP contribution in [-0.4, -0.2) is 11.7 Å². The van der Waals surface area contributed by atoms with Crippen LogP contribution in [0.5, 0.6) is 0 Å². The van der Waals surface area contributed by atoms with Gasteiger partial charge in [0.05, 0.1) is 5.76 Å². The van der Waals surface area contributed by atoms with E-state index in [0.29, 0.717) is 12.2 Å². The van der Waals surface area contributed by atoms with Gasteiger partial charge >= 0.3 is 0 Å². The first-order chi connectivity index (χ1) is 13.2. The number of aliphatic hydroxyl groups excluding tert-OH is 1. The second-order valence-electron chi connectivity index (χ2n) is 7.50. The molecule has 0 saturated heterocycles. The zero-order chi connectivity index (χ0) is 19.1. The zero-order valence-corrected chi connectivity index (χ0v) is 16.2. The molecule has 2 N–H and O–H groups in total. The predicted octanol–water partition coefficient (Wildman–Crippen LogP) is 6.04.